The number of hydrogen-bond donors (Lipinski definition) is 2. The molecular weight excluding hydrogens is 434 g/mol. The zero-order valence-electron chi connectivity index (χ0n) is 19.1. The van der Waals surface area contributed by atoms with Crippen LogP contribution in [-0.4, -0.2) is 28.0 Å². The van der Waals surface area contributed by atoms with Gasteiger partial charge in [0.1, 0.15) is 0 Å². The molecule has 172 valence electrons. The van der Waals surface area contributed by atoms with Gasteiger partial charge < -0.3 is 15.2 Å². The minimum atomic E-state index is -0.0184. The fourth-order valence-corrected chi connectivity index (χ4v) is 3.72. The van der Waals surface area contributed by atoms with Crippen molar-refractivity contribution in [1.29, 1.82) is 5.26 Å². The first-order valence-electron chi connectivity index (χ1n) is 11.2. The number of hydrogen-bond acceptors (Lipinski definition) is 4. The summed E-state index contributed by atoms with van der Waals surface area (Å²) in [5.41, 5.74) is 3.69. The second-order valence-corrected chi connectivity index (χ2v) is 8.75. The zero-order valence-corrected chi connectivity index (χ0v) is 19.8. The quantitative estimate of drug-likeness (QED) is 0.443. The van der Waals surface area contributed by atoms with E-state index < -0.39 is 0 Å². The summed E-state index contributed by atoms with van der Waals surface area (Å²) in [6.45, 7) is 6.30. The van der Waals surface area contributed by atoms with Crippen molar-refractivity contribution in [2.45, 2.75) is 45.8 Å². The lowest BCUT2D eigenvalue weighted by atomic mass is 9.98. The van der Waals surface area contributed by atoms with Crippen LogP contribution in [0, 0.1) is 17.2 Å². The smallest absolute Gasteiger partial charge is 0.226 e. The first-order chi connectivity index (χ1) is 16.0. The van der Waals surface area contributed by atoms with Crippen LogP contribution >= 0.6 is 11.6 Å². The normalized spacial score (nSPS) is 12.7. The predicted octanol–water partition coefficient (Wildman–Crippen LogP) is 4.32. The number of benzene rings is 2. The van der Waals surface area contributed by atoms with E-state index in [-0.39, 0.29) is 18.4 Å². The maximum atomic E-state index is 12.9. The lowest BCUT2D eigenvalue weighted by Crippen LogP contribution is -2.46. The third-order valence-electron chi connectivity index (χ3n) is 5.86. The molecule has 3 rings (SSSR count). The molecular formula is C26H30ClN5O. The predicted molar refractivity (Wildman–Crippen MR) is 131 cm³/mol. The molecule has 1 amide bonds. The third kappa shape index (κ3) is 7.45. The lowest BCUT2D eigenvalue weighted by molar-refractivity contribution is -0.121. The van der Waals surface area contributed by atoms with Crippen LogP contribution in [0.5, 0.6) is 0 Å². The molecule has 0 aliphatic rings. The van der Waals surface area contributed by atoms with Crippen molar-refractivity contribution in [3.8, 4) is 6.07 Å². The highest BCUT2D eigenvalue weighted by Crippen LogP contribution is 2.12. The van der Waals surface area contributed by atoms with Gasteiger partial charge >= 0.3 is 0 Å². The van der Waals surface area contributed by atoms with Crippen molar-refractivity contribution < 1.29 is 4.79 Å². The van der Waals surface area contributed by atoms with Gasteiger partial charge in [-0.05, 0) is 41.3 Å². The largest absolute Gasteiger partial charge is 0.351 e. The lowest BCUT2D eigenvalue weighted by Gasteiger charge is -2.25. The van der Waals surface area contributed by atoms with E-state index in [2.05, 4.69) is 35.5 Å². The van der Waals surface area contributed by atoms with Gasteiger partial charge in [-0.25, -0.2) is 4.98 Å². The Hall–Kier alpha value is -3.14. The molecule has 1 heterocycles. The maximum absolute atomic E-state index is 12.9. The summed E-state index contributed by atoms with van der Waals surface area (Å²) in [7, 11) is 0. The van der Waals surface area contributed by atoms with Crippen LogP contribution in [0.1, 0.15) is 42.7 Å². The molecule has 33 heavy (non-hydrogen) atoms. The number of carbonyl (C=O) groups is 1. The average molecular weight is 464 g/mol. The van der Waals surface area contributed by atoms with Crippen LogP contribution in [-0.2, 0) is 24.3 Å². The van der Waals surface area contributed by atoms with Gasteiger partial charge in [0, 0.05) is 42.6 Å². The van der Waals surface area contributed by atoms with Gasteiger partial charge in [0.15, 0.2) is 0 Å². The summed E-state index contributed by atoms with van der Waals surface area (Å²) < 4.78 is 1.97. The van der Waals surface area contributed by atoms with Crippen LogP contribution in [0.25, 0.3) is 0 Å². The number of carbonyl (C=O) groups excluding carboxylic acids is 1. The summed E-state index contributed by atoms with van der Waals surface area (Å²) in [5, 5.41) is 16.3. The molecule has 0 spiro atoms. The Balaban J connectivity index is 1.56. The molecule has 0 saturated heterocycles. The van der Waals surface area contributed by atoms with Gasteiger partial charge in [0.05, 0.1) is 24.4 Å². The van der Waals surface area contributed by atoms with Gasteiger partial charge in [0.25, 0.3) is 0 Å². The Labute approximate surface area is 200 Å². The maximum Gasteiger partial charge on any atom is 0.226 e. The Morgan fingerprint density at radius 3 is 2.52 bits per heavy atom. The van der Waals surface area contributed by atoms with Gasteiger partial charge in [-0.15, -0.1) is 0 Å². The number of imidazole rings is 1. The van der Waals surface area contributed by atoms with Crippen molar-refractivity contribution in [3.63, 3.8) is 0 Å². The minimum absolute atomic E-state index is 0.0184. The number of halogens is 1. The molecule has 2 N–H and O–H groups in total. The van der Waals surface area contributed by atoms with E-state index in [9.17, 15) is 4.79 Å². The van der Waals surface area contributed by atoms with E-state index in [1.807, 2.05) is 41.0 Å². The fraction of sp³-hybridized carbons (Fsp3) is 0.346. The highest BCUT2D eigenvalue weighted by atomic mass is 35.5. The molecule has 0 saturated carbocycles. The van der Waals surface area contributed by atoms with E-state index in [1.165, 1.54) is 0 Å². The summed E-state index contributed by atoms with van der Waals surface area (Å²) in [6, 6.07) is 17.4. The van der Waals surface area contributed by atoms with Crippen LogP contribution in [0.15, 0.2) is 61.1 Å². The van der Waals surface area contributed by atoms with Crippen LogP contribution in [0.2, 0.25) is 5.02 Å². The van der Waals surface area contributed by atoms with Crippen molar-refractivity contribution in [1.82, 2.24) is 20.2 Å². The van der Waals surface area contributed by atoms with Crippen LogP contribution < -0.4 is 10.6 Å². The second kappa shape index (κ2) is 12.2. The molecule has 7 heteroatoms. The molecule has 2 atom stereocenters. The number of nitriles is 1. The Morgan fingerprint density at radius 2 is 1.85 bits per heavy atom. The van der Waals surface area contributed by atoms with E-state index in [0.717, 1.165) is 34.8 Å². The van der Waals surface area contributed by atoms with Crippen molar-refractivity contribution in [3.05, 3.63) is 88.5 Å². The minimum Gasteiger partial charge on any atom is -0.351 e. The SMILES string of the molecule is CC[C@H](C)[C@@H](CNCc1ccc(Cl)cc1)NC(=O)Cc1cncn1Cc1ccc(C#N)cc1. The fourth-order valence-electron chi connectivity index (χ4n) is 3.59. The summed E-state index contributed by atoms with van der Waals surface area (Å²) in [5.74, 6) is 0.324. The number of rotatable bonds is 11. The van der Waals surface area contributed by atoms with Crippen molar-refractivity contribution in [2.75, 3.05) is 6.54 Å². The van der Waals surface area contributed by atoms with E-state index in [4.69, 9.17) is 16.9 Å². The molecule has 0 aliphatic carbocycles. The first kappa shape index (κ1) is 24.5. The topological polar surface area (TPSA) is 82.7 Å². The van der Waals surface area contributed by atoms with E-state index in [1.54, 1.807) is 24.7 Å². The zero-order chi connectivity index (χ0) is 23.6. The summed E-state index contributed by atoms with van der Waals surface area (Å²) in [6.07, 6.45) is 4.71. The number of nitrogens with zero attached hydrogens (tertiary/aromatic N) is 3. The van der Waals surface area contributed by atoms with Crippen LogP contribution in [0.3, 0.4) is 0 Å². The van der Waals surface area contributed by atoms with Gasteiger partial charge in [0.2, 0.25) is 5.91 Å². The van der Waals surface area contributed by atoms with Crippen molar-refractivity contribution in [2.24, 2.45) is 5.92 Å². The molecule has 0 fully saturated rings. The second-order valence-electron chi connectivity index (χ2n) is 8.32. The highest BCUT2D eigenvalue weighted by Gasteiger charge is 2.19. The Morgan fingerprint density at radius 1 is 1.15 bits per heavy atom. The molecule has 0 bridgehead atoms. The molecule has 0 radical (unpaired) electrons. The summed E-state index contributed by atoms with van der Waals surface area (Å²) in [4.78, 5) is 17.1. The first-order valence-corrected chi connectivity index (χ1v) is 11.6. The third-order valence-corrected chi connectivity index (χ3v) is 6.11. The van der Waals surface area contributed by atoms with E-state index >= 15 is 0 Å². The van der Waals surface area contributed by atoms with E-state index in [0.29, 0.717) is 24.6 Å². The molecule has 0 unspecified atom stereocenters. The van der Waals surface area contributed by atoms with Gasteiger partial charge in [-0.2, -0.15) is 5.26 Å². The molecule has 1 aromatic heterocycles. The van der Waals surface area contributed by atoms with Gasteiger partial charge in [-0.1, -0.05) is 56.1 Å². The Kier molecular flexibility index (Phi) is 9.05. The van der Waals surface area contributed by atoms with Crippen LogP contribution in [0.4, 0.5) is 0 Å². The molecule has 0 aliphatic heterocycles. The average Bonchev–Trinajstić information content (AvgIpc) is 3.25. The van der Waals surface area contributed by atoms with Gasteiger partial charge in [-0.3, -0.25) is 4.79 Å². The molecule has 6 nitrogen and oxygen atoms in total. The standard InChI is InChI=1S/C26H30ClN5O/c1-3-19(2)25(16-29-14-21-8-10-23(27)11-9-21)31-26(33)12-24-15-30-18-32(24)17-22-6-4-20(13-28)5-7-22/h4-11,15,18-19,25,29H,3,12,14,16-17H2,1-2H3,(H,31,33)/t19-,25+/m0/s1. The molecule has 3 aromatic rings. The number of aromatic nitrogens is 2. The summed E-state index contributed by atoms with van der Waals surface area (Å²) >= 11 is 5.96. The van der Waals surface area contributed by atoms with Crippen molar-refractivity contribution >= 4 is 17.5 Å². The monoisotopic (exact) mass is 463 g/mol. The number of nitrogens with one attached hydrogen (secondary N) is 2. The Bertz CT molecular complexity index is 1070. The number of amides is 1. The molecule has 2 aromatic carbocycles. The highest BCUT2D eigenvalue weighted by molar-refractivity contribution is 6.30.